The Morgan fingerprint density at radius 2 is 2.37 bits per heavy atom. The number of carbonyl (C=O) groups excluding carboxylic acids is 1. The predicted molar refractivity (Wildman–Crippen MR) is 75.4 cm³/mol. The van der Waals surface area contributed by atoms with Crippen LogP contribution >= 0.6 is 11.6 Å². The predicted octanol–water partition coefficient (Wildman–Crippen LogP) is 2.40. The fourth-order valence-corrected chi connectivity index (χ4v) is 2.86. The first-order valence-electron chi connectivity index (χ1n) is 6.91. The summed E-state index contributed by atoms with van der Waals surface area (Å²) in [5.74, 6) is 0.237. The molecule has 1 fully saturated rings. The number of aromatic nitrogens is 1. The Kier molecular flexibility index (Phi) is 4.88. The first-order chi connectivity index (χ1) is 9.15. The monoisotopic (exact) mass is 284 g/mol. The molecule has 1 amide bonds. The molecule has 0 saturated carbocycles. The number of aryl methyl sites for hydroxylation is 1. The third-order valence-corrected chi connectivity index (χ3v) is 3.82. The van der Waals surface area contributed by atoms with Crippen LogP contribution in [0.4, 0.5) is 0 Å². The van der Waals surface area contributed by atoms with E-state index < -0.39 is 0 Å². The van der Waals surface area contributed by atoms with E-state index in [0.717, 1.165) is 32.4 Å². The first-order valence-corrected chi connectivity index (χ1v) is 7.29. The third-order valence-electron chi connectivity index (χ3n) is 3.61. The first kappa shape index (κ1) is 14.4. The highest BCUT2D eigenvalue weighted by molar-refractivity contribution is 6.31. The number of carbonyl (C=O) groups is 1. The molecule has 4 nitrogen and oxygen atoms in total. The molecule has 0 aliphatic carbocycles. The van der Waals surface area contributed by atoms with Gasteiger partial charge in [-0.1, -0.05) is 18.5 Å². The molecule has 1 aromatic rings. The van der Waals surface area contributed by atoms with Gasteiger partial charge in [-0.15, -0.1) is 0 Å². The molecule has 1 aromatic heterocycles. The van der Waals surface area contributed by atoms with Crippen LogP contribution < -0.4 is 0 Å². The Hall–Kier alpha value is -1.00. The highest BCUT2D eigenvalue weighted by Crippen LogP contribution is 2.21. The van der Waals surface area contributed by atoms with Crippen LogP contribution in [0.2, 0.25) is 5.02 Å². The maximum Gasteiger partial charge on any atom is 0.270 e. The van der Waals surface area contributed by atoms with Crippen LogP contribution in [0.3, 0.4) is 0 Å². The molecule has 0 spiro atoms. The number of amides is 1. The van der Waals surface area contributed by atoms with E-state index in [0.29, 0.717) is 17.3 Å². The van der Waals surface area contributed by atoms with Crippen molar-refractivity contribution < 1.29 is 9.90 Å². The second kappa shape index (κ2) is 6.44. The van der Waals surface area contributed by atoms with Gasteiger partial charge in [0.15, 0.2) is 0 Å². The fraction of sp³-hybridized carbons (Fsp3) is 0.643. The van der Waals surface area contributed by atoms with Crippen LogP contribution in [0.1, 0.15) is 36.7 Å². The van der Waals surface area contributed by atoms with Crippen molar-refractivity contribution in [2.45, 2.75) is 32.7 Å². The molecular formula is C14H21ClN2O2. The van der Waals surface area contributed by atoms with Gasteiger partial charge in [-0.2, -0.15) is 0 Å². The lowest BCUT2D eigenvalue weighted by Gasteiger charge is -2.32. The number of halogens is 1. The molecule has 1 atom stereocenters. The van der Waals surface area contributed by atoms with Gasteiger partial charge >= 0.3 is 0 Å². The molecule has 1 N–H and O–H groups in total. The Labute approximate surface area is 119 Å². The van der Waals surface area contributed by atoms with Crippen LogP contribution in [0, 0.1) is 5.92 Å². The summed E-state index contributed by atoms with van der Waals surface area (Å²) in [4.78, 5) is 14.4. The minimum Gasteiger partial charge on any atom is -0.396 e. The largest absolute Gasteiger partial charge is 0.396 e. The quantitative estimate of drug-likeness (QED) is 0.923. The van der Waals surface area contributed by atoms with Crippen molar-refractivity contribution >= 4 is 17.5 Å². The van der Waals surface area contributed by atoms with E-state index in [1.54, 1.807) is 6.07 Å². The van der Waals surface area contributed by atoms with E-state index in [9.17, 15) is 9.90 Å². The molecule has 0 radical (unpaired) electrons. The molecule has 5 heteroatoms. The van der Waals surface area contributed by atoms with Crippen LogP contribution in [0.15, 0.2) is 12.3 Å². The SMILES string of the molecule is CCCn1cc(Cl)cc1C(=O)N1CCCC(CO)C1. The molecule has 2 heterocycles. The number of nitrogens with zero attached hydrogens (tertiary/aromatic N) is 2. The number of hydrogen-bond acceptors (Lipinski definition) is 2. The van der Waals surface area contributed by atoms with Gasteiger partial charge in [-0.05, 0) is 31.2 Å². The van der Waals surface area contributed by atoms with Gasteiger partial charge in [-0.3, -0.25) is 4.79 Å². The molecule has 19 heavy (non-hydrogen) atoms. The van der Waals surface area contributed by atoms with Gasteiger partial charge in [0.25, 0.3) is 5.91 Å². The highest BCUT2D eigenvalue weighted by Gasteiger charge is 2.25. The van der Waals surface area contributed by atoms with E-state index >= 15 is 0 Å². The average Bonchev–Trinajstić information content (AvgIpc) is 2.79. The topological polar surface area (TPSA) is 45.5 Å². The molecule has 0 bridgehead atoms. The van der Waals surface area contributed by atoms with Gasteiger partial charge in [-0.25, -0.2) is 0 Å². The smallest absolute Gasteiger partial charge is 0.270 e. The minimum atomic E-state index is 0.0264. The van der Waals surface area contributed by atoms with E-state index in [1.165, 1.54) is 0 Å². The lowest BCUT2D eigenvalue weighted by atomic mass is 9.99. The third kappa shape index (κ3) is 3.31. The maximum absolute atomic E-state index is 12.5. The van der Waals surface area contributed by atoms with Crippen molar-refractivity contribution in [1.29, 1.82) is 0 Å². The Morgan fingerprint density at radius 3 is 3.05 bits per heavy atom. The summed E-state index contributed by atoms with van der Waals surface area (Å²) in [7, 11) is 0. The van der Waals surface area contributed by atoms with Crippen LogP contribution in [0.5, 0.6) is 0 Å². The number of hydrogen-bond donors (Lipinski definition) is 1. The van der Waals surface area contributed by atoms with Crippen molar-refractivity contribution in [3.63, 3.8) is 0 Å². The zero-order valence-corrected chi connectivity index (χ0v) is 12.1. The molecule has 1 aliphatic rings. The molecule has 106 valence electrons. The second-order valence-corrected chi connectivity index (χ2v) is 5.62. The summed E-state index contributed by atoms with van der Waals surface area (Å²) in [6.45, 7) is 4.44. The molecule has 1 unspecified atom stereocenters. The van der Waals surface area contributed by atoms with Gasteiger partial charge in [0.05, 0.1) is 5.02 Å². The summed E-state index contributed by atoms with van der Waals surface area (Å²) >= 11 is 6.01. The van der Waals surface area contributed by atoms with E-state index in [2.05, 4.69) is 6.92 Å². The summed E-state index contributed by atoms with van der Waals surface area (Å²) < 4.78 is 1.92. The number of rotatable bonds is 4. The van der Waals surface area contributed by atoms with Gasteiger partial charge in [0, 0.05) is 32.4 Å². The van der Waals surface area contributed by atoms with E-state index in [4.69, 9.17) is 11.6 Å². The zero-order valence-electron chi connectivity index (χ0n) is 11.3. The van der Waals surface area contributed by atoms with Crippen molar-refractivity contribution in [3.8, 4) is 0 Å². The van der Waals surface area contributed by atoms with Crippen molar-refractivity contribution in [1.82, 2.24) is 9.47 Å². The number of aliphatic hydroxyl groups is 1. The zero-order chi connectivity index (χ0) is 13.8. The van der Waals surface area contributed by atoms with Crippen molar-refractivity contribution in [3.05, 3.63) is 23.0 Å². The Balaban J connectivity index is 2.14. The van der Waals surface area contributed by atoms with Crippen molar-refractivity contribution in [2.75, 3.05) is 19.7 Å². The van der Waals surface area contributed by atoms with Crippen molar-refractivity contribution in [2.24, 2.45) is 5.92 Å². The highest BCUT2D eigenvalue weighted by atomic mass is 35.5. The van der Waals surface area contributed by atoms with Crippen LogP contribution in [0.25, 0.3) is 0 Å². The summed E-state index contributed by atoms with van der Waals surface area (Å²) in [6, 6.07) is 1.74. The number of likely N-dealkylation sites (tertiary alicyclic amines) is 1. The fourth-order valence-electron chi connectivity index (χ4n) is 2.64. The molecule has 1 aliphatic heterocycles. The van der Waals surface area contributed by atoms with Crippen LogP contribution in [-0.2, 0) is 6.54 Å². The van der Waals surface area contributed by atoms with Gasteiger partial charge < -0.3 is 14.6 Å². The summed E-state index contributed by atoms with van der Waals surface area (Å²) in [6.07, 6.45) is 4.73. The standard InChI is InChI=1S/C14H21ClN2O2/c1-2-5-16-9-12(15)7-13(16)14(19)17-6-3-4-11(8-17)10-18/h7,9,11,18H,2-6,8,10H2,1H3. The molecular weight excluding hydrogens is 264 g/mol. The molecule has 1 saturated heterocycles. The maximum atomic E-state index is 12.5. The second-order valence-electron chi connectivity index (χ2n) is 5.18. The minimum absolute atomic E-state index is 0.0264. The normalized spacial score (nSPS) is 19.7. The van der Waals surface area contributed by atoms with Gasteiger partial charge in [0.1, 0.15) is 5.69 Å². The molecule has 0 aromatic carbocycles. The summed E-state index contributed by atoms with van der Waals surface area (Å²) in [5.41, 5.74) is 0.658. The molecule has 2 rings (SSSR count). The average molecular weight is 285 g/mol. The van der Waals surface area contributed by atoms with E-state index in [-0.39, 0.29) is 18.4 Å². The number of aliphatic hydroxyl groups excluding tert-OH is 1. The lowest BCUT2D eigenvalue weighted by Crippen LogP contribution is -2.41. The Bertz CT molecular complexity index is 445. The number of piperidine rings is 1. The summed E-state index contributed by atoms with van der Waals surface area (Å²) in [5, 5.41) is 9.84. The van der Waals surface area contributed by atoms with Gasteiger partial charge in [0.2, 0.25) is 0 Å². The van der Waals surface area contributed by atoms with E-state index in [1.807, 2.05) is 15.7 Å². The van der Waals surface area contributed by atoms with Crippen LogP contribution in [-0.4, -0.2) is 40.2 Å². The lowest BCUT2D eigenvalue weighted by molar-refractivity contribution is 0.0610. The Morgan fingerprint density at radius 1 is 1.58 bits per heavy atom.